The van der Waals surface area contributed by atoms with E-state index in [9.17, 15) is 13.2 Å². The van der Waals surface area contributed by atoms with Gasteiger partial charge in [0, 0.05) is 22.6 Å². The standard InChI is InChI=1S/C29H28N2O5S/c1-18-8-15-26(36-4)23(16-18)29(17-24(29)20-10-12-21(35-3)13-11-20)28(32)31-37(33,34)27-7-5-6-25-22(27)14-9-19(2)30-25/h5-16,24H,17H2,1-4H3,(H,31,32)/t24-,29-/m1/s1. The number of nitrogens with zero attached hydrogens (tertiary/aromatic N) is 1. The van der Waals surface area contributed by atoms with E-state index in [-0.39, 0.29) is 10.8 Å². The zero-order chi connectivity index (χ0) is 26.4. The van der Waals surface area contributed by atoms with E-state index in [1.807, 2.05) is 56.3 Å². The number of rotatable bonds is 7. The average molecular weight is 517 g/mol. The predicted molar refractivity (Wildman–Crippen MR) is 142 cm³/mol. The Morgan fingerprint density at radius 2 is 1.73 bits per heavy atom. The molecule has 1 heterocycles. The van der Waals surface area contributed by atoms with Crippen LogP contribution in [-0.4, -0.2) is 33.5 Å². The summed E-state index contributed by atoms with van der Waals surface area (Å²) in [6, 6.07) is 21.5. The number of pyridine rings is 1. The number of ether oxygens (including phenoxy) is 2. The van der Waals surface area contributed by atoms with Gasteiger partial charge >= 0.3 is 0 Å². The molecule has 7 nitrogen and oxygen atoms in total. The Bertz CT molecular complexity index is 1620. The van der Waals surface area contributed by atoms with Crippen LogP contribution in [0.5, 0.6) is 11.5 Å². The number of sulfonamides is 1. The third-order valence-electron chi connectivity index (χ3n) is 7.07. The van der Waals surface area contributed by atoms with Crippen LogP contribution in [-0.2, 0) is 20.2 Å². The summed E-state index contributed by atoms with van der Waals surface area (Å²) in [5.74, 6) is 0.421. The zero-order valence-corrected chi connectivity index (χ0v) is 21.9. The van der Waals surface area contributed by atoms with Gasteiger partial charge in [-0.1, -0.05) is 35.9 Å². The third kappa shape index (κ3) is 4.31. The largest absolute Gasteiger partial charge is 0.497 e. The molecule has 1 amide bonds. The Morgan fingerprint density at radius 3 is 2.43 bits per heavy atom. The average Bonchev–Trinajstić information content (AvgIpc) is 3.65. The van der Waals surface area contributed by atoms with E-state index in [0.717, 1.165) is 16.8 Å². The van der Waals surface area contributed by atoms with Gasteiger partial charge in [-0.05, 0) is 68.3 Å². The molecule has 1 fully saturated rings. The van der Waals surface area contributed by atoms with Crippen LogP contribution < -0.4 is 14.2 Å². The lowest BCUT2D eigenvalue weighted by atomic mass is 9.88. The number of benzene rings is 3. The number of aromatic nitrogens is 1. The number of carbonyl (C=O) groups is 1. The minimum Gasteiger partial charge on any atom is -0.497 e. The molecule has 0 radical (unpaired) electrons. The molecule has 1 saturated carbocycles. The SMILES string of the molecule is COc1ccc([C@H]2C[C@@]2(C(=O)NS(=O)(=O)c2cccc3nc(C)ccc23)c2cc(C)ccc2OC)cc1. The molecule has 1 aliphatic carbocycles. The Balaban J connectivity index is 1.58. The monoisotopic (exact) mass is 516 g/mol. The van der Waals surface area contributed by atoms with E-state index >= 15 is 0 Å². The molecule has 4 aromatic rings. The number of fused-ring (bicyclic) bond motifs is 1. The number of hydrogen-bond donors (Lipinski definition) is 1. The fraction of sp³-hybridized carbons (Fsp3) is 0.241. The highest BCUT2D eigenvalue weighted by Gasteiger charge is 2.63. The summed E-state index contributed by atoms with van der Waals surface area (Å²) in [4.78, 5) is 18.5. The maximum Gasteiger partial charge on any atom is 0.264 e. The van der Waals surface area contributed by atoms with Crippen LogP contribution in [0.2, 0.25) is 0 Å². The van der Waals surface area contributed by atoms with Gasteiger partial charge in [-0.25, -0.2) is 13.1 Å². The van der Waals surface area contributed by atoms with Crippen LogP contribution >= 0.6 is 0 Å². The molecule has 0 saturated heterocycles. The summed E-state index contributed by atoms with van der Waals surface area (Å²) in [7, 11) is -1.05. The summed E-state index contributed by atoms with van der Waals surface area (Å²) in [5, 5.41) is 0.457. The predicted octanol–water partition coefficient (Wildman–Crippen LogP) is 4.80. The maximum absolute atomic E-state index is 14.0. The molecule has 8 heteroatoms. The molecule has 0 spiro atoms. The number of amides is 1. The Hall–Kier alpha value is -3.91. The van der Waals surface area contributed by atoms with Crippen LogP contribution in [0.15, 0.2) is 77.7 Å². The van der Waals surface area contributed by atoms with E-state index in [0.29, 0.717) is 34.4 Å². The van der Waals surface area contributed by atoms with E-state index in [4.69, 9.17) is 9.47 Å². The lowest BCUT2D eigenvalue weighted by molar-refractivity contribution is -0.122. The van der Waals surface area contributed by atoms with Gasteiger partial charge in [-0.2, -0.15) is 0 Å². The highest BCUT2D eigenvalue weighted by molar-refractivity contribution is 7.90. The van der Waals surface area contributed by atoms with Gasteiger partial charge in [0.1, 0.15) is 11.5 Å². The fourth-order valence-corrected chi connectivity index (χ4v) is 6.33. The minimum atomic E-state index is -4.20. The summed E-state index contributed by atoms with van der Waals surface area (Å²) >= 11 is 0. The van der Waals surface area contributed by atoms with Crippen molar-refractivity contribution in [2.75, 3.05) is 14.2 Å². The highest BCUT2D eigenvalue weighted by Crippen LogP contribution is 2.62. The highest BCUT2D eigenvalue weighted by atomic mass is 32.2. The van der Waals surface area contributed by atoms with Gasteiger partial charge in [0.2, 0.25) is 5.91 Å². The van der Waals surface area contributed by atoms with Crippen molar-refractivity contribution in [2.24, 2.45) is 0 Å². The lowest BCUT2D eigenvalue weighted by Crippen LogP contribution is -2.40. The molecule has 0 aliphatic heterocycles. The Morgan fingerprint density at radius 1 is 0.973 bits per heavy atom. The first-order valence-electron chi connectivity index (χ1n) is 11.9. The molecule has 0 unspecified atom stereocenters. The molecule has 1 aromatic heterocycles. The van der Waals surface area contributed by atoms with Crippen LogP contribution in [0.1, 0.15) is 34.7 Å². The van der Waals surface area contributed by atoms with Crippen molar-refractivity contribution in [3.63, 3.8) is 0 Å². The molecule has 190 valence electrons. The Kier molecular flexibility index (Phi) is 6.15. The first-order valence-corrected chi connectivity index (χ1v) is 13.4. The van der Waals surface area contributed by atoms with E-state index < -0.39 is 21.3 Å². The molecular weight excluding hydrogens is 488 g/mol. The van der Waals surface area contributed by atoms with Crippen LogP contribution in [0, 0.1) is 13.8 Å². The molecule has 1 aliphatic rings. The number of nitrogens with one attached hydrogen (secondary N) is 1. The third-order valence-corrected chi connectivity index (χ3v) is 8.46. The first-order chi connectivity index (χ1) is 17.7. The summed E-state index contributed by atoms with van der Waals surface area (Å²) < 4.78 is 40.5. The summed E-state index contributed by atoms with van der Waals surface area (Å²) in [6.07, 6.45) is 0.441. The van der Waals surface area contributed by atoms with Gasteiger partial charge < -0.3 is 9.47 Å². The first kappa shape index (κ1) is 24.8. The van der Waals surface area contributed by atoms with Crippen LogP contribution in [0.25, 0.3) is 10.9 Å². The maximum atomic E-state index is 14.0. The topological polar surface area (TPSA) is 94.6 Å². The van der Waals surface area contributed by atoms with Crippen molar-refractivity contribution >= 4 is 26.8 Å². The second-order valence-corrected chi connectivity index (χ2v) is 11.1. The number of methoxy groups -OCH3 is 2. The molecule has 2 atom stereocenters. The summed E-state index contributed by atoms with van der Waals surface area (Å²) in [5.41, 5.74) is 2.74. The van der Waals surface area contributed by atoms with Crippen LogP contribution in [0.4, 0.5) is 0 Å². The number of aryl methyl sites for hydroxylation is 2. The van der Waals surface area contributed by atoms with E-state index in [2.05, 4.69) is 9.71 Å². The molecular formula is C29H28N2O5S. The van der Waals surface area contributed by atoms with Gasteiger partial charge in [-0.15, -0.1) is 0 Å². The fourth-order valence-electron chi connectivity index (χ4n) is 5.07. The lowest BCUT2D eigenvalue weighted by Gasteiger charge is -2.21. The van der Waals surface area contributed by atoms with Gasteiger partial charge in [0.05, 0.1) is 30.0 Å². The van der Waals surface area contributed by atoms with Crippen molar-refractivity contribution in [3.8, 4) is 11.5 Å². The molecule has 0 bridgehead atoms. The molecule has 1 N–H and O–H groups in total. The Labute approximate surface area is 216 Å². The molecule has 3 aromatic carbocycles. The van der Waals surface area contributed by atoms with Crippen LogP contribution in [0.3, 0.4) is 0 Å². The minimum absolute atomic E-state index is 0.0128. The smallest absolute Gasteiger partial charge is 0.264 e. The van der Waals surface area contributed by atoms with Gasteiger partial charge in [0.25, 0.3) is 10.0 Å². The van der Waals surface area contributed by atoms with Crippen molar-refractivity contribution in [1.29, 1.82) is 0 Å². The van der Waals surface area contributed by atoms with Crippen molar-refractivity contribution in [1.82, 2.24) is 9.71 Å². The molecule has 37 heavy (non-hydrogen) atoms. The summed E-state index contributed by atoms with van der Waals surface area (Å²) in [6.45, 7) is 3.77. The number of carbonyl (C=O) groups excluding carboxylic acids is 1. The van der Waals surface area contributed by atoms with Gasteiger partial charge in [-0.3, -0.25) is 9.78 Å². The van der Waals surface area contributed by atoms with Gasteiger partial charge in [0.15, 0.2) is 0 Å². The normalized spacial score (nSPS) is 18.9. The van der Waals surface area contributed by atoms with Crippen molar-refractivity contribution < 1.29 is 22.7 Å². The zero-order valence-electron chi connectivity index (χ0n) is 21.1. The van der Waals surface area contributed by atoms with E-state index in [1.165, 1.54) is 6.07 Å². The van der Waals surface area contributed by atoms with Crippen molar-refractivity contribution in [2.45, 2.75) is 36.5 Å². The quantitative estimate of drug-likeness (QED) is 0.379. The molecule has 5 rings (SSSR count). The second-order valence-electron chi connectivity index (χ2n) is 9.42. The second kappa shape index (κ2) is 9.19. The van der Waals surface area contributed by atoms with E-state index in [1.54, 1.807) is 38.5 Å². The van der Waals surface area contributed by atoms with Crippen molar-refractivity contribution in [3.05, 3.63) is 95.2 Å². The number of hydrogen-bond acceptors (Lipinski definition) is 6.